The van der Waals surface area contributed by atoms with Gasteiger partial charge in [-0.05, 0) is 36.6 Å². The summed E-state index contributed by atoms with van der Waals surface area (Å²) < 4.78 is 18.6. The lowest BCUT2D eigenvalue weighted by molar-refractivity contribution is -0.121. The van der Waals surface area contributed by atoms with Crippen molar-refractivity contribution in [2.45, 2.75) is 25.8 Å². The molecule has 2 aromatic rings. The van der Waals surface area contributed by atoms with Crippen molar-refractivity contribution in [3.8, 4) is 5.75 Å². The molecule has 0 radical (unpaired) electrons. The number of ether oxygens (including phenoxy) is 1. The Morgan fingerprint density at radius 2 is 1.95 bits per heavy atom. The summed E-state index contributed by atoms with van der Waals surface area (Å²) >= 11 is 0. The first-order valence-corrected chi connectivity index (χ1v) is 7.27. The fourth-order valence-corrected chi connectivity index (χ4v) is 2.25. The largest absolute Gasteiger partial charge is 0.494 e. The highest BCUT2D eigenvalue weighted by Gasteiger charge is 2.12. The van der Waals surface area contributed by atoms with E-state index in [9.17, 15) is 9.18 Å². The van der Waals surface area contributed by atoms with Gasteiger partial charge in [0.15, 0.2) is 11.6 Å². The third kappa shape index (κ3) is 4.32. The fraction of sp³-hybridized carbons (Fsp3) is 0.278. The van der Waals surface area contributed by atoms with Crippen molar-refractivity contribution >= 4 is 5.91 Å². The Kier molecular flexibility index (Phi) is 5.53. The van der Waals surface area contributed by atoms with E-state index in [0.29, 0.717) is 18.4 Å². The highest BCUT2D eigenvalue weighted by atomic mass is 19.1. The van der Waals surface area contributed by atoms with E-state index in [-0.39, 0.29) is 17.7 Å². The normalized spacial score (nSPS) is 11.8. The monoisotopic (exact) mass is 301 g/mol. The minimum atomic E-state index is -0.426. The number of nitrogens with one attached hydrogen (secondary N) is 1. The average molecular weight is 301 g/mol. The molecule has 0 aliphatic heterocycles. The molecule has 0 saturated heterocycles. The van der Waals surface area contributed by atoms with E-state index in [4.69, 9.17) is 4.74 Å². The Morgan fingerprint density at radius 1 is 1.23 bits per heavy atom. The molecule has 1 atom stereocenters. The van der Waals surface area contributed by atoms with Gasteiger partial charge in [0.25, 0.3) is 0 Å². The maximum Gasteiger partial charge on any atom is 0.220 e. The van der Waals surface area contributed by atoms with Crippen LogP contribution in [0.25, 0.3) is 0 Å². The molecule has 0 bridgehead atoms. The van der Waals surface area contributed by atoms with Gasteiger partial charge in [-0.15, -0.1) is 0 Å². The number of benzene rings is 2. The van der Waals surface area contributed by atoms with E-state index in [1.54, 1.807) is 12.1 Å². The summed E-state index contributed by atoms with van der Waals surface area (Å²) in [5.74, 6) is -0.274. The highest BCUT2D eigenvalue weighted by molar-refractivity contribution is 5.76. The Hall–Kier alpha value is -2.36. The van der Waals surface area contributed by atoms with Gasteiger partial charge in [0, 0.05) is 6.42 Å². The van der Waals surface area contributed by atoms with Crippen molar-refractivity contribution in [3.63, 3.8) is 0 Å². The first-order chi connectivity index (χ1) is 10.6. The number of rotatable bonds is 6. The highest BCUT2D eigenvalue weighted by Crippen LogP contribution is 2.21. The minimum Gasteiger partial charge on any atom is -0.494 e. The van der Waals surface area contributed by atoms with Gasteiger partial charge in [-0.3, -0.25) is 4.79 Å². The molecule has 0 aliphatic rings. The van der Waals surface area contributed by atoms with Crippen molar-refractivity contribution in [1.82, 2.24) is 5.32 Å². The van der Waals surface area contributed by atoms with Gasteiger partial charge >= 0.3 is 0 Å². The number of aryl methyl sites for hydroxylation is 1. The summed E-state index contributed by atoms with van der Waals surface area (Å²) in [4.78, 5) is 12.0. The predicted octanol–water partition coefficient (Wildman–Crippen LogP) is 3.64. The van der Waals surface area contributed by atoms with Gasteiger partial charge in [0.1, 0.15) is 0 Å². The predicted molar refractivity (Wildman–Crippen MR) is 84.3 cm³/mol. The van der Waals surface area contributed by atoms with Gasteiger partial charge < -0.3 is 10.1 Å². The third-order valence-electron chi connectivity index (χ3n) is 3.54. The standard InChI is InChI=1S/C18H20FNO2/c1-13(15-9-10-17(22-2)16(19)12-15)20-18(21)11-8-14-6-4-3-5-7-14/h3-7,9-10,12-13H,8,11H2,1-2H3,(H,20,21). The summed E-state index contributed by atoms with van der Waals surface area (Å²) in [5, 5.41) is 2.88. The number of hydrogen-bond acceptors (Lipinski definition) is 2. The molecule has 2 rings (SSSR count). The molecule has 4 heteroatoms. The SMILES string of the molecule is COc1ccc(C(C)NC(=O)CCc2ccccc2)cc1F. The van der Waals surface area contributed by atoms with E-state index in [0.717, 1.165) is 5.56 Å². The Morgan fingerprint density at radius 3 is 2.59 bits per heavy atom. The molecule has 1 N–H and O–H groups in total. The van der Waals surface area contributed by atoms with Crippen LogP contribution in [0, 0.1) is 5.82 Å². The van der Waals surface area contributed by atoms with Crippen LogP contribution in [0.2, 0.25) is 0 Å². The maximum atomic E-state index is 13.7. The zero-order valence-electron chi connectivity index (χ0n) is 12.8. The zero-order chi connectivity index (χ0) is 15.9. The summed E-state index contributed by atoms with van der Waals surface area (Å²) in [6, 6.07) is 14.3. The summed E-state index contributed by atoms with van der Waals surface area (Å²) in [7, 11) is 1.42. The third-order valence-corrected chi connectivity index (χ3v) is 3.54. The molecule has 0 saturated carbocycles. The summed E-state index contributed by atoms with van der Waals surface area (Å²) in [5.41, 5.74) is 1.84. The molecule has 0 spiro atoms. The lowest BCUT2D eigenvalue weighted by Gasteiger charge is -2.15. The molecular formula is C18H20FNO2. The van der Waals surface area contributed by atoms with Crippen molar-refractivity contribution in [3.05, 3.63) is 65.5 Å². The van der Waals surface area contributed by atoms with Crippen LogP contribution in [-0.4, -0.2) is 13.0 Å². The second-order valence-corrected chi connectivity index (χ2v) is 5.17. The minimum absolute atomic E-state index is 0.0485. The number of halogens is 1. The van der Waals surface area contributed by atoms with Crippen LogP contribution >= 0.6 is 0 Å². The number of amides is 1. The molecule has 1 unspecified atom stereocenters. The number of methoxy groups -OCH3 is 1. The van der Waals surface area contributed by atoms with Gasteiger partial charge in [-0.2, -0.15) is 0 Å². The fourth-order valence-electron chi connectivity index (χ4n) is 2.25. The van der Waals surface area contributed by atoms with E-state index in [2.05, 4.69) is 5.32 Å². The van der Waals surface area contributed by atoms with Crippen LogP contribution in [0.5, 0.6) is 5.75 Å². The van der Waals surface area contributed by atoms with Crippen molar-refractivity contribution in [2.24, 2.45) is 0 Å². The average Bonchev–Trinajstić information content (AvgIpc) is 2.53. The smallest absolute Gasteiger partial charge is 0.220 e. The van der Waals surface area contributed by atoms with Crippen molar-refractivity contribution in [1.29, 1.82) is 0 Å². The van der Waals surface area contributed by atoms with Gasteiger partial charge in [0.2, 0.25) is 5.91 Å². The van der Waals surface area contributed by atoms with E-state index in [1.807, 2.05) is 37.3 Å². The Bertz CT molecular complexity index is 628. The van der Waals surface area contributed by atoms with E-state index >= 15 is 0 Å². The second-order valence-electron chi connectivity index (χ2n) is 5.17. The molecule has 3 nitrogen and oxygen atoms in total. The second kappa shape index (κ2) is 7.59. The molecule has 116 valence electrons. The Balaban J connectivity index is 1.89. The molecule has 0 fully saturated rings. The molecule has 2 aromatic carbocycles. The van der Waals surface area contributed by atoms with Crippen LogP contribution in [-0.2, 0) is 11.2 Å². The topological polar surface area (TPSA) is 38.3 Å². The van der Waals surface area contributed by atoms with E-state index < -0.39 is 5.82 Å². The first kappa shape index (κ1) is 16.0. The molecule has 0 heterocycles. The molecular weight excluding hydrogens is 281 g/mol. The Labute approximate surface area is 130 Å². The number of carbonyl (C=O) groups excluding carboxylic acids is 1. The van der Waals surface area contributed by atoms with Crippen molar-refractivity contribution in [2.75, 3.05) is 7.11 Å². The molecule has 22 heavy (non-hydrogen) atoms. The quantitative estimate of drug-likeness (QED) is 0.884. The first-order valence-electron chi connectivity index (χ1n) is 7.27. The van der Waals surface area contributed by atoms with Gasteiger partial charge in [-0.25, -0.2) is 4.39 Å². The number of carbonyl (C=O) groups is 1. The van der Waals surface area contributed by atoms with E-state index in [1.165, 1.54) is 13.2 Å². The van der Waals surface area contributed by atoms with Crippen LogP contribution in [0.3, 0.4) is 0 Å². The van der Waals surface area contributed by atoms with Gasteiger partial charge in [-0.1, -0.05) is 36.4 Å². The number of hydrogen-bond donors (Lipinski definition) is 1. The summed E-state index contributed by atoms with van der Waals surface area (Å²) in [6.07, 6.45) is 1.10. The van der Waals surface area contributed by atoms with Gasteiger partial charge in [0.05, 0.1) is 13.2 Å². The molecule has 0 aliphatic carbocycles. The summed E-state index contributed by atoms with van der Waals surface area (Å²) in [6.45, 7) is 1.83. The van der Waals surface area contributed by atoms with Crippen LogP contribution < -0.4 is 10.1 Å². The molecule has 1 amide bonds. The van der Waals surface area contributed by atoms with Crippen molar-refractivity contribution < 1.29 is 13.9 Å². The zero-order valence-corrected chi connectivity index (χ0v) is 12.8. The van der Waals surface area contributed by atoms with Crippen LogP contribution in [0.15, 0.2) is 48.5 Å². The maximum absolute atomic E-state index is 13.7. The lowest BCUT2D eigenvalue weighted by Crippen LogP contribution is -2.26. The van der Waals surface area contributed by atoms with Crippen LogP contribution in [0.1, 0.15) is 30.5 Å². The van der Waals surface area contributed by atoms with Crippen LogP contribution in [0.4, 0.5) is 4.39 Å². The molecule has 0 aromatic heterocycles. The lowest BCUT2D eigenvalue weighted by atomic mass is 10.1.